The van der Waals surface area contributed by atoms with E-state index in [1.54, 1.807) is 18.3 Å². The van der Waals surface area contributed by atoms with E-state index in [1.165, 1.54) is 11.3 Å². The number of hydrogen-bond donors (Lipinski definition) is 3. The summed E-state index contributed by atoms with van der Waals surface area (Å²) in [6, 6.07) is 11.2. The number of Topliss-reactive ketones (excluding diaryl/α,β-unsaturated/α-hetero) is 1. The average molecular weight is 355 g/mol. The van der Waals surface area contributed by atoms with Crippen molar-refractivity contribution in [2.24, 2.45) is 0 Å². The number of thiophene rings is 1. The van der Waals surface area contributed by atoms with Crippen molar-refractivity contribution in [3.05, 3.63) is 58.4 Å². The molecule has 0 spiro atoms. The molecule has 0 aliphatic heterocycles. The maximum absolute atomic E-state index is 12.0. The highest BCUT2D eigenvalue weighted by molar-refractivity contribution is 7.12. The normalized spacial score (nSPS) is 10.6. The lowest BCUT2D eigenvalue weighted by atomic mass is 10.1. The molecule has 0 atom stereocenters. The number of amides is 2. The summed E-state index contributed by atoms with van der Waals surface area (Å²) >= 11 is 1.35. The van der Waals surface area contributed by atoms with E-state index in [0.717, 1.165) is 16.5 Å². The van der Waals surface area contributed by atoms with Crippen molar-refractivity contribution in [3.8, 4) is 0 Å². The van der Waals surface area contributed by atoms with Crippen molar-refractivity contribution in [2.45, 2.75) is 19.3 Å². The van der Waals surface area contributed by atoms with Gasteiger partial charge in [0.1, 0.15) is 0 Å². The van der Waals surface area contributed by atoms with Gasteiger partial charge >= 0.3 is 0 Å². The zero-order valence-corrected chi connectivity index (χ0v) is 14.2. The molecule has 3 N–H and O–H groups in total. The maximum atomic E-state index is 12.0. The number of para-hydroxylation sites is 1. The first-order valence-electron chi connectivity index (χ1n) is 7.83. The molecule has 7 heteroatoms. The predicted octanol–water partition coefficient (Wildman–Crippen LogP) is 2.58. The lowest BCUT2D eigenvalue weighted by Gasteiger charge is -2.06. The van der Waals surface area contributed by atoms with Crippen LogP contribution in [0.2, 0.25) is 0 Å². The zero-order valence-electron chi connectivity index (χ0n) is 13.4. The third kappa shape index (κ3) is 4.33. The van der Waals surface area contributed by atoms with Gasteiger partial charge in [-0.05, 0) is 23.1 Å². The van der Waals surface area contributed by atoms with Gasteiger partial charge in [-0.25, -0.2) is 0 Å². The van der Waals surface area contributed by atoms with Crippen molar-refractivity contribution in [1.29, 1.82) is 0 Å². The fourth-order valence-corrected chi connectivity index (χ4v) is 3.18. The molecule has 0 fully saturated rings. The summed E-state index contributed by atoms with van der Waals surface area (Å²) < 4.78 is 0. The number of rotatable bonds is 6. The Hall–Kier alpha value is -2.93. The molecule has 0 bridgehead atoms. The Morgan fingerprint density at radius 3 is 2.56 bits per heavy atom. The Bertz CT molecular complexity index is 899. The maximum Gasteiger partial charge on any atom is 0.242 e. The van der Waals surface area contributed by atoms with Gasteiger partial charge in [-0.15, -0.1) is 11.3 Å². The summed E-state index contributed by atoms with van der Waals surface area (Å²) in [7, 11) is 0. The minimum absolute atomic E-state index is 0.0318. The van der Waals surface area contributed by atoms with Crippen LogP contribution in [0.25, 0.3) is 10.9 Å². The number of hydrazine groups is 1. The van der Waals surface area contributed by atoms with Crippen LogP contribution < -0.4 is 10.9 Å². The zero-order chi connectivity index (χ0) is 17.6. The monoisotopic (exact) mass is 355 g/mol. The highest BCUT2D eigenvalue weighted by Gasteiger charge is 2.12. The van der Waals surface area contributed by atoms with Crippen molar-refractivity contribution < 1.29 is 14.4 Å². The van der Waals surface area contributed by atoms with Crippen LogP contribution in [-0.2, 0) is 16.0 Å². The number of fused-ring (bicyclic) bond motifs is 1. The number of carbonyl (C=O) groups is 3. The molecule has 25 heavy (non-hydrogen) atoms. The van der Waals surface area contributed by atoms with Gasteiger partial charge in [0.25, 0.3) is 0 Å². The molecule has 0 saturated carbocycles. The Kier molecular flexibility index (Phi) is 5.25. The number of ketones is 1. The van der Waals surface area contributed by atoms with E-state index in [2.05, 4.69) is 15.8 Å². The number of benzene rings is 1. The van der Waals surface area contributed by atoms with Crippen LogP contribution in [0.5, 0.6) is 0 Å². The van der Waals surface area contributed by atoms with Gasteiger partial charge in [-0.1, -0.05) is 24.3 Å². The number of hydrogen-bond acceptors (Lipinski definition) is 4. The van der Waals surface area contributed by atoms with E-state index >= 15 is 0 Å². The van der Waals surface area contributed by atoms with Crippen LogP contribution in [0.15, 0.2) is 48.0 Å². The van der Waals surface area contributed by atoms with Crippen LogP contribution in [0.4, 0.5) is 0 Å². The fourth-order valence-electron chi connectivity index (χ4n) is 2.48. The van der Waals surface area contributed by atoms with Crippen molar-refractivity contribution in [1.82, 2.24) is 15.8 Å². The Morgan fingerprint density at radius 2 is 1.76 bits per heavy atom. The van der Waals surface area contributed by atoms with Gasteiger partial charge in [-0.3, -0.25) is 25.2 Å². The number of nitrogens with one attached hydrogen (secondary N) is 3. The molecular formula is C18H17N3O3S. The highest BCUT2D eigenvalue weighted by atomic mass is 32.1. The van der Waals surface area contributed by atoms with Crippen molar-refractivity contribution >= 4 is 39.8 Å². The predicted molar refractivity (Wildman–Crippen MR) is 96.2 cm³/mol. The SMILES string of the molecule is O=C(CCC(=O)c1cccs1)NNC(=O)Cc1c[nH]c2ccccc12. The molecule has 0 saturated heterocycles. The molecule has 0 unspecified atom stereocenters. The standard InChI is InChI=1S/C18H17N3O3S/c22-15(16-6-3-9-25-16)7-8-17(23)20-21-18(24)10-12-11-19-14-5-2-1-4-13(12)14/h1-6,9,11,19H,7-8,10H2,(H,20,23)(H,21,24). The van der Waals surface area contributed by atoms with Crippen LogP contribution in [0.1, 0.15) is 28.1 Å². The van der Waals surface area contributed by atoms with E-state index in [9.17, 15) is 14.4 Å². The first kappa shape index (κ1) is 16.9. The van der Waals surface area contributed by atoms with Gasteiger partial charge in [0.2, 0.25) is 11.8 Å². The molecule has 128 valence electrons. The molecule has 0 aliphatic rings. The summed E-state index contributed by atoms with van der Waals surface area (Å²) in [6.07, 6.45) is 2.08. The van der Waals surface area contributed by atoms with Crippen LogP contribution in [0, 0.1) is 0 Å². The molecule has 3 rings (SSSR count). The number of H-pyrrole nitrogens is 1. The minimum Gasteiger partial charge on any atom is -0.361 e. The number of aromatic nitrogens is 1. The van der Waals surface area contributed by atoms with Gasteiger partial charge in [0.15, 0.2) is 5.78 Å². The van der Waals surface area contributed by atoms with E-state index in [4.69, 9.17) is 0 Å². The lowest BCUT2D eigenvalue weighted by Crippen LogP contribution is -2.42. The molecule has 0 aliphatic carbocycles. The van der Waals surface area contributed by atoms with Crippen LogP contribution in [-0.4, -0.2) is 22.6 Å². The Morgan fingerprint density at radius 1 is 0.960 bits per heavy atom. The second kappa shape index (κ2) is 7.76. The summed E-state index contributed by atoms with van der Waals surface area (Å²) in [5, 5.41) is 2.80. The van der Waals surface area contributed by atoms with E-state index in [0.29, 0.717) is 4.88 Å². The summed E-state index contributed by atoms with van der Waals surface area (Å²) in [4.78, 5) is 39.3. The summed E-state index contributed by atoms with van der Waals surface area (Å²) in [5.74, 6) is -0.782. The molecule has 2 heterocycles. The Labute approximate surface area is 148 Å². The molecule has 2 aromatic heterocycles. The van der Waals surface area contributed by atoms with Gasteiger partial charge < -0.3 is 4.98 Å². The Balaban J connectivity index is 1.44. The van der Waals surface area contributed by atoms with Crippen molar-refractivity contribution in [3.63, 3.8) is 0 Å². The number of aromatic amines is 1. The van der Waals surface area contributed by atoms with E-state index < -0.39 is 5.91 Å². The second-order valence-electron chi connectivity index (χ2n) is 5.53. The van der Waals surface area contributed by atoms with E-state index in [-0.39, 0.29) is 31.0 Å². The minimum atomic E-state index is -0.391. The summed E-state index contributed by atoms with van der Waals surface area (Å²) in [6.45, 7) is 0. The average Bonchev–Trinajstić information content (AvgIpc) is 3.28. The number of carbonyl (C=O) groups excluding carboxylic acids is 3. The van der Waals surface area contributed by atoms with Gasteiger partial charge in [0.05, 0.1) is 11.3 Å². The van der Waals surface area contributed by atoms with Gasteiger partial charge in [-0.2, -0.15) is 0 Å². The smallest absolute Gasteiger partial charge is 0.242 e. The first-order chi connectivity index (χ1) is 12.1. The summed E-state index contributed by atoms with van der Waals surface area (Å²) in [5.41, 5.74) is 6.55. The molecule has 2 amide bonds. The second-order valence-corrected chi connectivity index (χ2v) is 6.48. The lowest BCUT2D eigenvalue weighted by molar-refractivity contribution is -0.128. The van der Waals surface area contributed by atoms with Crippen LogP contribution in [0.3, 0.4) is 0 Å². The molecule has 3 aromatic rings. The molecule has 0 radical (unpaired) electrons. The first-order valence-corrected chi connectivity index (χ1v) is 8.71. The third-order valence-electron chi connectivity index (χ3n) is 3.74. The topological polar surface area (TPSA) is 91.1 Å². The fraction of sp³-hybridized carbons (Fsp3) is 0.167. The molecular weight excluding hydrogens is 338 g/mol. The van der Waals surface area contributed by atoms with Crippen LogP contribution >= 0.6 is 11.3 Å². The third-order valence-corrected chi connectivity index (χ3v) is 4.65. The highest BCUT2D eigenvalue weighted by Crippen LogP contribution is 2.17. The van der Waals surface area contributed by atoms with Gasteiger partial charge in [0, 0.05) is 29.9 Å². The van der Waals surface area contributed by atoms with E-state index in [1.807, 2.05) is 29.6 Å². The largest absolute Gasteiger partial charge is 0.361 e. The molecule has 6 nitrogen and oxygen atoms in total. The van der Waals surface area contributed by atoms with Crippen molar-refractivity contribution in [2.75, 3.05) is 0 Å². The quantitative estimate of drug-likeness (QED) is 0.469. The molecule has 1 aromatic carbocycles.